The monoisotopic (exact) mass is 203 g/mol. The smallest absolute Gasteiger partial charge is 0.257 e. The number of carbonyl (C=O) groups excluding carboxylic acids is 1. The molecule has 78 valence electrons. The van der Waals surface area contributed by atoms with E-state index >= 15 is 0 Å². The van der Waals surface area contributed by atoms with Crippen LogP contribution in [0.5, 0.6) is 5.75 Å². The van der Waals surface area contributed by atoms with E-state index in [1.165, 1.54) is 0 Å². The molecule has 1 saturated heterocycles. The van der Waals surface area contributed by atoms with Crippen molar-refractivity contribution in [3.05, 3.63) is 29.8 Å². The van der Waals surface area contributed by atoms with Gasteiger partial charge in [-0.15, -0.1) is 0 Å². The molecule has 1 atom stereocenters. The summed E-state index contributed by atoms with van der Waals surface area (Å²) in [5.74, 6) is 0.863. The zero-order chi connectivity index (χ0) is 10.3. The molecular weight excluding hydrogens is 190 g/mol. The normalized spacial score (nSPS) is 24.1. The zero-order valence-corrected chi connectivity index (χ0v) is 8.48. The van der Waals surface area contributed by atoms with Gasteiger partial charge in [0, 0.05) is 6.54 Å². The number of para-hydroxylation sites is 1. The molecule has 2 aliphatic heterocycles. The number of carbonyl (C=O) groups is 1. The standard InChI is InChI=1S/C12H13NO2/c14-12-10-5-1-2-6-11(10)15-8-9-4-3-7-13(9)12/h1-2,5-6,9H,3-4,7-8H2/t9-/m1/s1. The highest BCUT2D eigenvalue weighted by Gasteiger charge is 2.33. The van der Waals surface area contributed by atoms with Crippen LogP contribution in [0.1, 0.15) is 23.2 Å². The van der Waals surface area contributed by atoms with Gasteiger partial charge in [0.25, 0.3) is 5.91 Å². The molecule has 15 heavy (non-hydrogen) atoms. The van der Waals surface area contributed by atoms with E-state index < -0.39 is 0 Å². The summed E-state index contributed by atoms with van der Waals surface area (Å²) in [4.78, 5) is 14.1. The average molecular weight is 203 g/mol. The first-order valence-electron chi connectivity index (χ1n) is 5.39. The Morgan fingerprint density at radius 1 is 1.33 bits per heavy atom. The second-order valence-electron chi connectivity index (χ2n) is 4.10. The van der Waals surface area contributed by atoms with Crippen molar-refractivity contribution in [2.45, 2.75) is 18.9 Å². The highest BCUT2D eigenvalue weighted by Crippen LogP contribution is 2.29. The molecule has 1 fully saturated rings. The Morgan fingerprint density at radius 2 is 2.20 bits per heavy atom. The maximum Gasteiger partial charge on any atom is 0.257 e. The van der Waals surface area contributed by atoms with E-state index in [2.05, 4.69) is 0 Å². The van der Waals surface area contributed by atoms with Crippen LogP contribution in [0.25, 0.3) is 0 Å². The van der Waals surface area contributed by atoms with E-state index in [1.807, 2.05) is 29.2 Å². The Balaban J connectivity index is 2.04. The summed E-state index contributed by atoms with van der Waals surface area (Å²) in [6, 6.07) is 7.79. The molecule has 0 aliphatic carbocycles. The van der Waals surface area contributed by atoms with Crippen molar-refractivity contribution >= 4 is 5.91 Å². The molecule has 2 aliphatic rings. The Morgan fingerprint density at radius 3 is 3.13 bits per heavy atom. The second-order valence-corrected chi connectivity index (χ2v) is 4.10. The van der Waals surface area contributed by atoms with Crippen molar-refractivity contribution in [3.63, 3.8) is 0 Å². The highest BCUT2D eigenvalue weighted by atomic mass is 16.5. The summed E-state index contributed by atoms with van der Waals surface area (Å²) < 4.78 is 5.67. The van der Waals surface area contributed by atoms with Crippen molar-refractivity contribution in [1.82, 2.24) is 4.90 Å². The van der Waals surface area contributed by atoms with Crippen molar-refractivity contribution in [2.24, 2.45) is 0 Å². The molecule has 0 spiro atoms. The molecule has 1 amide bonds. The van der Waals surface area contributed by atoms with Crippen LogP contribution < -0.4 is 4.74 Å². The van der Waals surface area contributed by atoms with Crippen molar-refractivity contribution in [3.8, 4) is 5.75 Å². The van der Waals surface area contributed by atoms with Gasteiger partial charge in [-0.3, -0.25) is 4.79 Å². The molecule has 2 heterocycles. The third-order valence-electron chi connectivity index (χ3n) is 3.19. The van der Waals surface area contributed by atoms with E-state index in [-0.39, 0.29) is 11.9 Å². The van der Waals surface area contributed by atoms with E-state index in [0.717, 1.165) is 25.1 Å². The minimum atomic E-state index is 0.130. The number of rotatable bonds is 0. The number of nitrogens with zero attached hydrogens (tertiary/aromatic N) is 1. The number of hydrogen-bond acceptors (Lipinski definition) is 2. The van der Waals surface area contributed by atoms with E-state index in [1.54, 1.807) is 0 Å². The first-order valence-corrected chi connectivity index (χ1v) is 5.39. The second kappa shape index (κ2) is 3.26. The predicted molar refractivity (Wildman–Crippen MR) is 56.0 cm³/mol. The Hall–Kier alpha value is -1.51. The fraction of sp³-hybridized carbons (Fsp3) is 0.417. The lowest BCUT2D eigenvalue weighted by Crippen LogP contribution is -2.36. The van der Waals surface area contributed by atoms with Gasteiger partial charge in [0.15, 0.2) is 0 Å². The lowest BCUT2D eigenvalue weighted by Gasteiger charge is -2.20. The van der Waals surface area contributed by atoms with Crippen LogP contribution in [0.3, 0.4) is 0 Å². The zero-order valence-electron chi connectivity index (χ0n) is 8.48. The van der Waals surface area contributed by atoms with Gasteiger partial charge >= 0.3 is 0 Å². The summed E-state index contributed by atoms with van der Waals surface area (Å²) in [6.45, 7) is 1.52. The van der Waals surface area contributed by atoms with E-state index in [4.69, 9.17) is 4.74 Å². The molecule has 0 bridgehead atoms. The van der Waals surface area contributed by atoms with Crippen LogP contribution in [0, 0.1) is 0 Å². The molecule has 1 aromatic rings. The largest absolute Gasteiger partial charge is 0.491 e. The number of ether oxygens (including phenoxy) is 1. The van der Waals surface area contributed by atoms with Gasteiger partial charge in [-0.25, -0.2) is 0 Å². The summed E-state index contributed by atoms with van der Waals surface area (Å²) >= 11 is 0. The summed E-state index contributed by atoms with van der Waals surface area (Å²) in [6.07, 6.45) is 2.17. The van der Waals surface area contributed by atoms with Crippen LogP contribution in [0.15, 0.2) is 24.3 Å². The minimum Gasteiger partial charge on any atom is -0.491 e. The van der Waals surface area contributed by atoms with Crippen LogP contribution in [-0.4, -0.2) is 30.0 Å². The molecule has 0 radical (unpaired) electrons. The van der Waals surface area contributed by atoms with Gasteiger partial charge in [0.1, 0.15) is 12.4 Å². The molecule has 0 unspecified atom stereocenters. The molecule has 3 heteroatoms. The number of amides is 1. The average Bonchev–Trinajstić information content (AvgIpc) is 2.69. The van der Waals surface area contributed by atoms with Crippen LogP contribution in [-0.2, 0) is 0 Å². The van der Waals surface area contributed by atoms with Crippen molar-refractivity contribution in [2.75, 3.05) is 13.2 Å². The lowest BCUT2D eigenvalue weighted by molar-refractivity contribution is 0.0726. The van der Waals surface area contributed by atoms with Crippen LogP contribution >= 0.6 is 0 Å². The summed E-state index contributed by atoms with van der Waals surface area (Å²) in [5.41, 5.74) is 0.710. The van der Waals surface area contributed by atoms with Crippen molar-refractivity contribution in [1.29, 1.82) is 0 Å². The van der Waals surface area contributed by atoms with Gasteiger partial charge in [-0.1, -0.05) is 12.1 Å². The topological polar surface area (TPSA) is 29.5 Å². The fourth-order valence-corrected chi connectivity index (χ4v) is 2.39. The van der Waals surface area contributed by atoms with Crippen molar-refractivity contribution < 1.29 is 9.53 Å². The third-order valence-corrected chi connectivity index (χ3v) is 3.19. The summed E-state index contributed by atoms with van der Waals surface area (Å²) in [5, 5.41) is 0. The van der Waals surface area contributed by atoms with Gasteiger partial charge in [0.05, 0.1) is 11.6 Å². The predicted octanol–water partition coefficient (Wildman–Crippen LogP) is 1.68. The Kier molecular flexibility index (Phi) is 1.91. The number of benzene rings is 1. The maximum atomic E-state index is 12.2. The third kappa shape index (κ3) is 1.30. The Labute approximate surface area is 88.6 Å². The highest BCUT2D eigenvalue weighted by molar-refractivity contribution is 5.97. The molecule has 0 saturated carbocycles. The lowest BCUT2D eigenvalue weighted by atomic mass is 10.2. The first kappa shape index (κ1) is 8.77. The SMILES string of the molecule is O=C1c2ccccc2OC[C@H]2CCCN12. The van der Waals surface area contributed by atoms with Crippen LogP contribution in [0.2, 0.25) is 0 Å². The summed E-state index contributed by atoms with van der Waals surface area (Å²) in [7, 11) is 0. The molecular formula is C12H13NO2. The fourth-order valence-electron chi connectivity index (χ4n) is 2.39. The molecule has 3 nitrogen and oxygen atoms in total. The molecule has 3 rings (SSSR count). The number of fused-ring (bicyclic) bond motifs is 2. The number of hydrogen-bond donors (Lipinski definition) is 0. The van der Waals surface area contributed by atoms with Gasteiger partial charge < -0.3 is 9.64 Å². The minimum absolute atomic E-state index is 0.130. The van der Waals surface area contributed by atoms with Gasteiger partial charge in [0.2, 0.25) is 0 Å². The Bertz CT molecular complexity index is 402. The molecule has 0 aromatic heterocycles. The van der Waals surface area contributed by atoms with E-state index in [9.17, 15) is 4.79 Å². The van der Waals surface area contributed by atoms with Crippen LogP contribution in [0.4, 0.5) is 0 Å². The molecule has 1 aromatic carbocycles. The molecule has 0 N–H and O–H groups in total. The van der Waals surface area contributed by atoms with Gasteiger partial charge in [-0.2, -0.15) is 0 Å². The van der Waals surface area contributed by atoms with E-state index in [0.29, 0.717) is 12.2 Å². The quantitative estimate of drug-likeness (QED) is 0.642. The maximum absolute atomic E-state index is 12.2. The van der Waals surface area contributed by atoms with Gasteiger partial charge in [-0.05, 0) is 25.0 Å². The first-order chi connectivity index (χ1) is 7.36.